The molecule has 6 nitrogen and oxygen atoms in total. The van der Waals surface area contributed by atoms with Crippen LogP contribution >= 0.6 is 0 Å². The van der Waals surface area contributed by atoms with Crippen molar-refractivity contribution in [3.05, 3.63) is 29.8 Å². The van der Waals surface area contributed by atoms with Gasteiger partial charge in [0.05, 0.1) is 4.90 Å². The highest BCUT2D eigenvalue weighted by Gasteiger charge is 2.31. The molecule has 1 aliphatic heterocycles. The lowest BCUT2D eigenvalue weighted by molar-refractivity contribution is -0.125. The van der Waals surface area contributed by atoms with Crippen molar-refractivity contribution in [1.82, 2.24) is 9.80 Å². The van der Waals surface area contributed by atoms with Crippen molar-refractivity contribution in [1.29, 1.82) is 0 Å². The Hall–Kier alpha value is -1.89. The molecule has 0 N–H and O–H groups in total. The van der Waals surface area contributed by atoms with Gasteiger partial charge in [0.2, 0.25) is 5.91 Å². The number of hydrogen-bond donors (Lipinski definition) is 0. The second-order valence-electron chi connectivity index (χ2n) is 7.13. The average molecular weight is 381 g/mol. The number of benzene rings is 1. The zero-order valence-electron chi connectivity index (χ0n) is 15.9. The zero-order chi connectivity index (χ0) is 19.5. The molecule has 1 saturated heterocycles. The van der Waals surface area contributed by atoms with Crippen LogP contribution in [0.1, 0.15) is 49.9 Å². The van der Waals surface area contributed by atoms with Crippen LogP contribution in [0, 0.1) is 0 Å². The molecular formula is C19H28N2O4S. The van der Waals surface area contributed by atoms with Gasteiger partial charge in [-0.2, -0.15) is 0 Å². The predicted octanol–water partition coefficient (Wildman–Crippen LogP) is 2.34. The first-order valence-electron chi connectivity index (χ1n) is 9.03. The number of piperidine rings is 1. The Morgan fingerprint density at radius 1 is 1.15 bits per heavy atom. The highest BCUT2D eigenvalue weighted by Crippen LogP contribution is 2.27. The first-order chi connectivity index (χ1) is 12.2. The number of hydrogen-bond acceptors (Lipinski definition) is 4. The van der Waals surface area contributed by atoms with Gasteiger partial charge in [-0.25, -0.2) is 8.42 Å². The first-order valence-corrected chi connectivity index (χ1v) is 10.7. The third-order valence-corrected chi connectivity index (χ3v) is 6.62. The molecule has 1 aromatic carbocycles. The SMILES string of the molecule is CC[C@@H]1CCC[C@H](C)N1C(=O)c1ccc(S(=O)(=O)CC(=O)N(C)C)cc1. The van der Waals surface area contributed by atoms with E-state index < -0.39 is 21.5 Å². The summed E-state index contributed by atoms with van der Waals surface area (Å²) in [7, 11) is -0.679. The molecule has 2 rings (SSSR count). The minimum Gasteiger partial charge on any atom is -0.348 e. The third kappa shape index (κ3) is 4.44. The van der Waals surface area contributed by atoms with Gasteiger partial charge in [0.1, 0.15) is 5.75 Å². The van der Waals surface area contributed by atoms with E-state index in [4.69, 9.17) is 0 Å². The molecule has 2 atom stereocenters. The van der Waals surface area contributed by atoms with Gasteiger partial charge in [-0.3, -0.25) is 9.59 Å². The molecule has 0 aromatic heterocycles. The van der Waals surface area contributed by atoms with Crippen molar-refractivity contribution in [3.8, 4) is 0 Å². The fraction of sp³-hybridized carbons (Fsp3) is 0.579. The maximum Gasteiger partial charge on any atom is 0.254 e. The van der Waals surface area contributed by atoms with Crippen LogP contribution in [-0.4, -0.2) is 62.0 Å². The highest BCUT2D eigenvalue weighted by atomic mass is 32.2. The number of amides is 2. The standard InChI is InChI=1S/C19H28N2O4S/c1-5-16-8-6-7-14(2)21(16)19(23)15-9-11-17(12-10-15)26(24,25)13-18(22)20(3)4/h9-12,14,16H,5-8,13H2,1-4H3/t14-,16+/m0/s1. The summed E-state index contributed by atoms with van der Waals surface area (Å²) in [6.07, 6.45) is 4.03. The van der Waals surface area contributed by atoms with Crippen LogP contribution in [0.5, 0.6) is 0 Å². The van der Waals surface area contributed by atoms with E-state index in [-0.39, 0.29) is 22.9 Å². The van der Waals surface area contributed by atoms with Crippen molar-refractivity contribution < 1.29 is 18.0 Å². The average Bonchev–Trinajstić information content (AvgIpc) is 2.60. The lowest BCUT2D eigenvalue weighted by atomic mass is 9.94. The molecule has 0 bridgehead atoms. The summed E-state index contributed by atoms with van der Waals surface area (Å²) in [6, 6.07) is 6.34. The van der Waals surface area contributed by atoms with Gasteiger partial charge < -0.3 is 9.80 Å². The Kier molecular flexibility index (Phi) is 6.44. The molecule has 0 saturated carbocycles. The third-order valence-electron chi connectivity index (χ3n) is 5.01. The minimum absolute atomic E-state index is 0.0580. The van der Waals surface area contributed by atoms with E-state index in [0.717, 1.165) is 25.7 Å². The molecular weight excluding hydrogens is 352 g/mol. The number of rotatable bonds is 5. The van der Waals surface area contributed by atoms with Gasteiger partial charge in [-0.05, 0) is 56.9 Å². The molecule has 1 heterocycles. The van der Waals surface area contributed by atoms with E-state index in [0.29, 0.717) is 5.56 Å². The molecule has 0 unspecified atom stereocenters. The number of carbonyl (C=O) groups excluding carboxylic acids is 2. The van der Waals surface area contributed by atoms with Crippen LogP contribution in [0.25, 0.3) is 0 Å². The number of carbonyl (C=O) groups is 2. The van der Waals surface area contributed by atoms with E-state index in [2.05, 4.69) is 13.8 Å². The van der Waals surface area contributed by atoms with E-state index in [9.17, 15) is 18.0 Å². The quantitative estimate of drug-likeness (QED) is 0.786. The monoisotopic (exact) mass is 380 g/mol. The largest absolute Gasteiger partial charge is 0.348 e. The second kappa shape index (κ2) is 8.20. The number of likely N-dealkylation sites (tertiary alicyclic amines) is 1. The molecule has 1 fully saturated rings. The second-order valence-corrected chi connectivity index (χ2v) is 9.12. The maximum absolute atomic E-state index is 12.9. The van der Waals surface area contributed by atoms with Gasteiger partial charge in [-0.15, -0.1) is 0 Å². The summed E-state index contributed by atoms with van der Waals surface area (Å²) in [5, 5.41) is 0. The van der Waals surface area contributed by atoms with Crippen LogP contribution in [0.2, 0.25) is 0 Å². The summed E-state index contributed by atoms with van der Waals surface area (Å²) in [6.45, 7) is 4.14. The van der Waals surface area contributed by atoms with Crippen molar-refractivity contribution >= 4 is 21.7 Å². The van der Waals surface area contributed by atoms with Crippen molar-refractivity contribution in [3.63, 3.8) is 0 Å². The van der Waals surface area contributed by atoms with Gasteiger partial charge >= 0.3 is 0 Å². The molecule has 0 aliphatic carbocycles. The van der Waals surface area contributed by atoms with Crippen molar-refractivity contribution in [2.45, 2.75) is 56.5 Å². The first kappa shape index (κ1) is 20.4. The van der Waals surface area contributed by atoms with Gasteiger partial charge in [0, 0.05) is 31.7 Å². The topological polar surface area (TPSA) is 74.8 Å². The fourth-order valence-electron chi connectivity index (χ4n) is 3.38. The molecule has 0 spiro atoms. The summed E-state index contributed by atoms with van der Waals surface area (Å²) in [5.74, 6) is -1.11. The van der Waals surface area contributed by atoms with E-state index in [1.165, 1.54) is 31.1 Å². The molecule has 1 aliphatic rings. The Morgan fingerprint density at radius 2 is 1.77 bits per heavy atom. The van der Waals surface area contributed by atoms with Crippen LogP contribution in [0.15, 0.2) is 29.2 Å². The molecule has 2 amide bonds. The van der Waals surface area contributed by atoms with E-state index in [1.54, 1.807) is 12.1 Å². The predicted molar refractivity (Wildman–Crippen MR) is 101 cm³/mol. The normalized spacial score (nSPS) is 20.7. The smallest absolute Gasteiger partial charge is 0.254 e. The Morgan fingerprint density at radius 3 is 2.31 bits per heavy atom. The van der Waals surface area contributed by atoms with Crippen molar-refractivity contribution in [2.24, 2.45) is 0 Å². The summed E-state index contributed by atoms with van der Waals surface area (Å²) < 4.78 is 24.7. The Labute approximate surface area is 156 Å². The van der Waals surface area contributed by atoms with Gasteiger partial charge in [-0.1, -0.05) is 6.92 Å². The van der Waals surface area contributed by atoms with E-state index >= 15 is 0 Å². The molecule has 7 heteroatoms. The summed E-state index contributed by atoms with van der Waals surface area (Å²) in [5.41, 5.74) is 0.482. The fourth-order valence-corrected chi connectivity index (χ4v) is 4.68. The minimum atomic E-state index is -3.71. The lowest BCUT2D eigenvalue weighted by Crippen LogP contribution is -2.48. The van der Waals surface area contributed by atoms with Crippen molar-refractivity contribution in [2.75, 3.05) is 19.8 Å². The zero-order valence-corrected chi connectivity index (χ0v) is 16.8. The van der Waals surface area contributed by atoms with Crippen LogP contribution in [0.4, 0.5) is 0 Å². The molecule has 26 heavy (non-hydrogen) atoms. The molecule has 1 aromatic rings. The highest BCUT2D eigenvalue weighted by molar-refractivity contribution is 7.92. The maximum atomic E-state index is 12.9. The lowest BCUT2D eigenvalue weighted by Gasteiger charge is -2.40. The number of sulfone groups is 1. The molecule has 0 radical (unpaired) electrons. The van der Waals surface area contributed by atoms with Gasteiger partial charge in [0.15, 0.2) is 9.84 Å². The van der Waals surface area contributed by atoms with Gasteiger partial charge in [0.25, 0.3) is 5.91 Å². The summed E-state index contributed by atoms with van der Waals surface area (Å²) >= 11 is 0. The number of nitrogens with zero attached hydrogens (tertiary/aromatic N) is 2. The summed E-state index contributed by atoms with van der Waals surface area (Å²) in [4.78, 5) is 27.9. The van der Waals surface area contributed by atoms with Crippen LogP contribution in [-0.2, 0) is 14.6 Å². The molecule has 144 valence electrons. The van der Waals surface area contributed by atoms with E-state index in [1.807, 2.05) is 4.90 Å². The Balaban J connectivity index is 2.20. The Bertz CT molecular complexity index is 756. The van der Waals surface area contributed by atoms with Crippen LogP contribution in [0.3, 0.4) is 0 Å². The van der Waals surface area contributed by atoms with Crippen LogP contribution < -0.4 is 0 Å².